The zero-order valence-corrected chi connectivity index (χ0v) is 17.5. The van der Waals surface area contributed by atoms with Crippen molar-refractivity contribution in [3.05, 3.63) is 39.8 Å². The molecule has 4 N–H and O–H groups in total. The largest absolute Gasteiger partial charge is 0.494 e. The quantitative estimate of drug-likeness (QED) is 0.579. The van der Waals surface area contributed by atoms with Crippen LogP contribution in [-0.2, 0) is 6.54 Å². The molecule has 1 aliphatic carbocycles. The molecule has 1 saturated carbocycles. The molecule has 4 rings (SSSR count). The number of amides is 1. The van der Waals surface area contributed by atoms with Crippen molar-refractivity contribution in [3.8, 4) is 23.2 Å². The Kier molecular flexibility index (Phi) is 4.69. The molecule has 1 aliphatic rings. The van der Waals surface area contributed by atoms with Crippen LogP contribution in [-0.4, -0.2) is 36.2 Å². The molecule has 160 valence electrons. The minimum Gasteiger partial charge on any atom is -0.494 e. The number of nitrogens with two attached hydrogens (primary N) is 1. The van der Waals surface area contributed by atoms with Crippen molar-refractivity contribution in [2.45, 2.75) is 46.2 Å². The van der Waals surface area contributed by atoms with Crippen LogP contribution in [0, 0.1) is 16.7 Å². The summed E-state index contributed by atoms with van der Waals surface area (Å²) in [4.78, 5) is 29.9. The summed E-state index contributed by atoms with van der Waals surface area (Å²) in [5.41, 5.74) is 5.90. The maximum absolute atomic E-state index is 13.1. The van der Waals surface area contributed by atoms with Crippen LogP contribution in [0.5, 0.6) is 5.88 Å². The molecule has 1 amide bonds. The first-order valence-corrected chi connectivity index (χ1v) is 9.91. The molecule has 3 aromatic rings. The monoisotopic (exact) mass is 421 g/mol. The van der Waals surface area contributed by atoms with Gasteiger partial charge in [0.05, 0.1) is 11.3 Å². The number of rotatable bonds is 4. The summed E-state index contributed by atoms with van der Waals surface area (Å²) in [5.74, 6) is -0.888. The van der Waals surface area contributed by atoms with Crippen molar-refractivity contribution in [1.29, 1.82) is 5.26 Å². The maximum atomic E-state index is 13.1. The van der Waals surface area contributed by atoms with Crippen LogP contribution in [0.4, 0.5) is 5.82 Å². The Morgan fingerprint density at radius 1 is 1.39 bits per heavy atom. The molecule has 0 atom stereocenters. The van der Waals surface area contributed by atoms with Gasteiger partial charge in [0.2, 0.25) is 5.88 Å². The third-order valence-electron chi connectivity index (χ3n) is 4.95. The van der Waals surface area contributed by atoms with E-state index in [4.69, 9.17) is 5.73 Å². The fourth-order valence-corrected chi connectivity index (χ4v) is 3.35. The van der Waals surface area contributed by atoms with Crippen molar-refractivity contribution < 1.29 is 9.90 Å². The van der Waals surface area contributed by atoms with E-state index in [1.54, 1.807) is 6.07 Å². The van der Waals surface area contributed by atoms with Crippen molar-refractivity contribution in [2.24, 2.45) is 5.41 Å². The first-order chi connectivity index (χ1) is 14.6. The van der Waals surface area contributed by atoms with E-state index in [0.717, 1.165) is 17.4 Å². The van der Waals surface area contributed by atoms with E-state index in [9.17, 15) is 20.0 Å². The van der Waals surface area contributed by atoms with E-state index >= 15 is 0 Å². The molecular weight excluding hydrogens is 398 g/mol. The van der Waals surface area contributed by atoms with Gasteiger partial charge in [-0.05, 0) is 24.3 Å². The van der Waals surface area contributed by atoms with Crippen LogP contribution in [0.25, 0.3) is 16.9 Å². The Morgan fingerprint density at radius 3 is 2.71 bits per heavy atom. The molecule has 0 radical (unpaired) electrons. The summed E-state index contributed by atoms with van der Waals surface area (Å²) in [5, 5.41) is 27.2. The Balaban J connectivity index is 1.97. The molecule has 10 nitrogen and oxygen atoms in total. The lowest BCUT2D eigenvalue weighted by molar-refractivity contribution is 0.0944. The number of anilines is 1. The summed E-state index contributed by atoms with van der Waals surface area (Å²) in [6, 6.07) is 5.13. The molecule has 3 heterocycles. The van der Waals surface area contributed by atoms with Gasteiger partial charge in [0.15, 0.2) is 5.56 Å². The van der Waals surface area contributed by atoms with Gasteiger partial charge in [-0.1, -0.05) is 20.8 Å². The number of carbonyl (C=O) groups excluding carboxylic acids is 1. The standard InChI is InChI=1S/C21H23N7O3/c1-21(2,3)10-27-15-7-14(13-6-11(8-22)9-24-17(13)23)26-28(15)20(31)16(19(27)30)18(29)25-12-4-5-12/h6-7,9,12,30H,4-5,10H2,1-3H3,(H2,23,24)(H,25,29). The number of fused-ring (bicyclic) bond motifs is 1. The van der Waals surface area contributed by atoms with Gasteiger partial charge in [-0.25, -0.2) is 4.98 Å². The van der Waals surface area contributed by atoms with Crippen molar-refractivity contribution >= 4 is 17.4 Å². The highest BCUT2D eigenvalue weighted by molar-refractivity contribution is 5.96. The third kappa shape index (κ3) is 3.82. The second-order valence-corrected chi connectivity index (χ2v) is 8.97. The Hall–Kier alpha value is -3.87. The molecule has 31 heavy (non-hydrogen) atoms. The lowest BCUT2D eigenvalue weighted by atomic mass is 9.96. The van der Waals surface area contributed by atoms with Crippen LogP contribution in [0.15, 0.2) is 23.1 Å². The zero-order valence-electron chi connectivity index (χ0n) is 17.5. The van der Waals surface area contributed by atoms with E-state index < -0.39 is 17.3 Å². The first kappa shape index (κ1) is 20.4. The molecule has 1 fully saturated rings. The van der Waals surface area contributed by atoms with Crippen molar-refractivity contribution in [3.63, 3.8) is 0 Å². The number of aromatic nitrogens is 4. The molecule has 0 aliphatic heterocycles. The number of pyridine rings is 1. The second kappa shape index (κ2) is 7.12. The highest BCUT2D eigenvalue weighted by Gasteiger charge is 2.30. The molecule has 0 bridgehead atoms. The lowest BCUT2D eigenvalue weighted by Crippen LogP contribution is -2.35. The minimum absolute atomic E-state index is 0.0193. The van der Waals surface area contributed by atoms with Gasteiger partial charge in [0.1, 0.15) is 17.5 Å². The summed E-state index contributed by atoms with van der Waals surface area (Å²) < 4.78 is 2.58. The molecule has 0 unspecified atom stereocenters. The van der Waals surface area contributed by atoms with Gasteiger partial charge in [0.25, 0.3) is 11.5 Å². The number of nitriles is 1. The van der Waals surface area contributed by atoms with E-state index in [1.807, 2.05) is 26.8 Å². The van der Waals surface area contributed by atoms with Crippen LogP contribution in [0.3, 0.4) is 0 Å². The van der Waals surface area contributed by atoms with Gasteiger partial charge in [-0.3, -0.25) is 14.2 Å². The third-order valence-corrected chi connectivity index (χ3v) is 4.95. The van der Waals surface area contributed by atoms with Crippen molar-refractivity contribution in [2.75, 3.05) is 5.73 Å². The second-order valence-electron chi connectivity index (χ2n) is 8.97. The van der Waals surface area contributed by atoms with Crippen LogP contribution < -0.4 is 16.6 Å². The van der Waals surface area contributed by atoms with Gasteiger partial charge < -0.3 is 16.2 Å². The van der Waals surface area contributed by atoms with Gasteiger partial charge in [0, 0.05) is 30.4 Å². The maximum Gasteiger partial charge on any atom is 0.291 e. The lowest BCUT2D eigenvalue weighted by Gasteiger charge is -2.23. The van der Waals surface area contributed by atoms with E-state index in [1.165, 1.54) is 16.8 Å². The van der Waals surface area contributed by atoms with Crippen LogP contribution in [0.2, 0.25) is 0 Å². The average molecular weight is 421 g/mol. The van der Waals surface area contributed by atoms with E-state index in [-0.39, 0.29) is 22.8 Å². The summed E-state index contributed by atoms with van der Waals surface area (Å²) in [6.07, 6.45) is 3.04. The fraction of sp³-hybridized carbons (Fsp3) is 0.381. The van der Waals surface area contributed by atoms with E-state index in [2.05, 4.69) is 15.4 Å². The van der Waals surface area contributed by atoms with E-state index in [0.29, 0.717) is 29.0 Å². The van der Waals surface area contributed by atoms with Crippen molar-refractivity contribution in [1.82, 2.24) is 24.5 Å². The number of nitrogens with one attached hydrogen (secondary N) is 1. The molecule has 3 aromatic heterocycles. The smallest absolute Gasteiger partial charge is 0.291 e. The number of hydrogen-bond acceptors (Lipinski definition) is 7. The number of aromatic hydroxyl groups is 1. The molecular formula is C21H23N7O3. The van der Waals surface area contributed by atoms with Gasteiger partial charge in [-0.2, -0.15) is 14.9 Å². The molecule has 0 spiro atoms. The Morgan fingerprint density at radius 2 is 2.10 bits per heavy atom. The average Bonchev–Trinajstić information content (AvgIpc) is 3.39. The predicted octanol–water partition coefficient (Wildman–Crippen LogP) is 1.66. The Bertz CT molecular complexity index is 1300. The fourth-order valence-electron chi connectivity index (χ4n) is 3.35. The highest BCUT2D eigenvalue weighted by Crippen LogP contribution is 2.29. The number of nitrogens with zero attached hydrogens (tertiary/aromatic N) is 5. The highest BCUT2D eigenvalue weighted by atomic mass is 16.3. The summed E-state index contributed by atoms with van der Waals surface area (Å²) >= 11 is 0. The number of carbonyl (C=O) groups is 1. The SMILES string of the molecule is CC(C)(C)Cn1c(O)c(C(=O)NC2CC2)c(=O)n2nc(-c3cc(C#N)cnc3N)cc12. The molecule has 10 heteroatoms. The molecule has 0 aromatic carbocycles. The summed E-state index contributed by atoms with van der Waals surface area (Å²) in [7, 11) is 0. The van der Waals surface area contributed by atoms with Gasteiger partial charge in [-0.15, -0.1) is 0 Å². The first-order valence-electron chi connectivity index (χ1n) is 9.91. The Labute approximate surface area is 177 Å². The van der Waals surface area contributed by atoms with Gasteiger partial charge >= 0.3 is 0 Å². The number of nitrogen functional groups attached to an aromatic ring is 1. The molecule has 0 saturated heterocycles. The van der Waals surface area contributed by atoms with Crippen LogP contribution in [0.1, 0.15) is 49.5 Å². The predicted molar refractivity (Wildman–Crippen MR) is 113 cm³/mol. The summed E-state index contributed by atoms with van der Waals surface area (Å²) in [6.45, 7) is 6.24. The topological polar surface area (TPSA) is 151 Å². The minimum atomic E-state index is -0.731. The van der Waals surface area contributed by atoms with Crippen LogP contribution >= 0.6 is 0 Å². The number of hydrogen-bond donors (Lipinski definition) is 3. The zero-order chi connectivity index (χ0) is 22.5. The normalized spacial score (nSPS) is 13.9.